The highest BCUT2D eigenvalue weighted by molar-refractivity contribution is 7.80. The quantitative estimate of drug-likeness (QED) is 0.685. The molecule has 0 aliphatic heterocycles. The second-order valence-electron chi connectivity index (χ2n) is 5.19. The molecule has 3 aromatic rings. The van der Waals surface area contributed by atoms with Crippen LogP contribution in [0.25, 0.3) is 0 Å². The maximum atomic E-state index is 5.89. The predicted molar refractivity (Wildman–Crippen MR) is 100 cm³/mol. The van der Waals surface area contributed by atoms with Crippen molar-refractivity contribution in [2.75, 3.05) is 5.32 Å². The van der Waals surface area contributed by atoms with Crippen molar-refractivity contribution >= 4 is 34.7 Å². The van der Waals surface area contributed by atoms with E-state index in [9.17, 15) is 0 Å². The summed E-state index contributed by atoms with van der Waals surface area (Å²) >= 11 is 11.2. The van der Waals surface area contributed by atoms with E-state index in [2.05, 4.69) is 20.7 Å². The standard InChI is InChI=1S/C17H16ClN5S/c18-15-5-3-13(4-6-15)12-23-9-7-16(22-23)21-17(24)20-11-14-2-1-8-19-10-14/h1-10H,11-12H2,(H2,20,21,22,24). The normalized spacial score (nSPS) is 10.4. The van der Waals surface area contributed by atoms with Gasteiger partial charge in [-0.05, 0) is 41.5 Å². The summed E-state index contributed by atoms with van der Waals surface area (Å²) in [4.78, 5) is 4.07. The van der Waals surface area contributed by atoms with E-state index >= 15 is 0 Å². The van der Waals surface area contributed by atoms with Crippen LogP contribution >= 0.6 is 23.8 Å². The number of hydrogen-bond donors (Lipinski definition) is 2. The smallest absolute Gasteiger partial charge is 0.172 e. The second-order valence-corrected chi connectivity index (χ2v) is 6.04. The number of pyridine rings is 1. The molecule has 0 spiro atoms. The van der Waals surface area contributed by atoms with Crippen molar-refractivity contribution < 1.29 is 0 Å². The van der Waals surface area contributed by atoms with Gasteiger partial charge in [-0.15, -0.1) is 0 Å². The van der Waals surface area contributed by atoms with Gasteiger partial charge in [0.25, 0.3) is 0 Å². The third-order valence-electron chi connectivity index (χ3n) is 3.32. The zero-order chi connectivity index (χ0) is 16.8. The minimum Gasteiger partial charge on any atom is -0.358 e. The van der Waals surface area contributed by atoms with Crippen LogP contribution in [-0.4, -0.2) is 19.9 Å². The number of thiocarbonyl (C=S) groups is 1. The predicted octanol–water partition coefficient (Wildman–Crippen LogP) is 3.47. The molecule has 2 aromatic heterocycles. The van der Waals surface area contributed by atoms with Gasteiger partial charge in [-0.25, -0.2) is 0 Å². The Kier molecular flexibility index (Phi) is 5.40. The second kappa shape index (κ2) is 7.90. The van der Waals surface area contributed by atoms with Crippen molar-refractivity contribution in [1.82, 2.24) is 20.1 Å². The van der Waals surface area contributed by atoms with Gasteiger partial charge in [0.1, 0.15) is 0 Å². The minimum atomic E-state index is 0.524. The van der Waals surface area contributed by atoms with Gasteiger partial charge in [-0.2, -0.15) is 5.10 Å². The lowest BCUT2D eigenvalue weighted by molar-refractivity contribution is 0.690. The van der Waals surface area contributed by atoms with Crippen molar-refractivity contribution in [3.05, 3.63) is 77.2 Å². The molecule has 0 aliphatic carbocycles. The van der Waals surface area contributed by atoms with E-state index in [1.165, 1.54) is 0 Å². The Morgan fingerprint density at radius 3 is 2.71 bits per heavy atom. The first-order valence-corrected chi connectivity index (χ1v) is 8.19. The molecule has 2 N–H and O–H groups in total. The zero-order valence-electron chi connectivity index (χ0n) is 12.8. The summed E-state index contributed by atoms with van der Waals surface area (Å²) in [6.07, 6.45) is 5.45. The third kappa shape index (κ3) is 4.78. The van der Waals surface area contributed by atoms with Crippen molar-refractivity contribution in [2.45, 2.75) is 13.1 Å². The SMILES string of the molecule is S=C(NCc1cccnc1)Nc1ccn(Cc2ccc(Cl)cc2)n1. The fourth-order valence-corrected chi connectivity index (χ4v) is 2.44. The maximum Gasteiger partial charge on any atom is 0.172 e. The van der Waals surface area contributed by atoms with Crippen LogP contribution in [0.5, 0.6) is 0 Å². The first kappa shape index (κ1) is 16.4. The average Bonchev–Trinajstić information content (AvgIpc) is 3.03. The van der Waals surface area contributed by atoms with Gasteiger partial charge in [0.2, 0.25) is 0 Å². The van der Waals surface area contributed by atoms with Crippen LogP contribution in [0.15, 0.2) is 61.1 Å². The van der Waals surface area contributed by atoms with Crippen LogP contribution in [0, 0.1) is 0 Å². The third-order valence-corrected chi connectivity index (χ3v) is 3.81. The lowest BCUT2D eigenvalue weighted by atomic mass is 10.2. The van der Waals surface area contributed by atoms with Gasteiger partial charge in [-0.1, -0.05) is 29.8 Å². The first-order chi connectivity index (χ1) is 11.7. The highest BCUT2D eigenvalue weighted by atomic mass is 35.5. The van der Waals surface area contributed by atoms with Crippen molar-refractivity contribution in [3.8, 4) is 0 Å². The van der Waals surface area contributed by atoms with Gasteiger partial charge in [0, 0.05) is 36.2 Å². The molecule has 0 amide bonds. The Hall–Kier alpha value is -2.44. The molecule has 0 fully saturated rings. The van der Waals surface area contributed by atoms with E-state index in [-0.39, 0.29) is 0 Å². The molecule has 0 bridgehead atoms. The number of nitrogens with one attached hydrogen (secondary N) is 2. The summed E-state index contributed by atoms with van der Waals surface area (Å²) in [5.41, 5.74) is 2.20. The summed E-state index contributed by atoms with van der Waals surface area (Å²) in [5, 5.41) is 11.9. The topological polar surface area (TPSA) is 54.8 Å². The van der Waals surface area contributed by atoms with Gasteiger partial charge in [-0.3, -0.25) is 9.67 Å². The molecule has 0 saturated heterocycles. The summed E-state index contributed by atoms with van der Waals surface area (Å²) in [7, 11) is 0. The number of halogens is 1. The number of rotatable bonds is 5. The molecule has 7 heteroatoms. The molecule has 0 unspecified atom stereocenters. The molecule has 0 atom stereocenters. The largest absolute Gasteiger partial charge is 0.358 e. The summed E-state index contributed by atoms with van der Waals surface area (Å²) in [6, 6.07) is 13.5. The molecule has 0 saturated carbocycles. The van der Waals surface area contributed by atoms with Gasteiger partial charge in [0.05, 0.1) is 6.54 Å². The molecule has 2 heterocycles. The van der Waals surface area contributed by atoms with Gasteiger partial charge < -0.3 is 10.6 Å². The molecule has 1 aromatic carbocycles. The Morgan fingerprint density at radius 1 is 1.12 bits per heavy atom. The summed E-state index contributed by atoms with van der Waals surface area (Å²) < 4.78 is 1.84. The van der Waals surface area contributed by atoms with Crippen LogP contribution in [-0.2, 0) is 13.1 Å². The summed E-state index contributed by atoms with van der Waals surface area (Å²) in [5.74, 6) is 0.702. The average molecular weight is 358 g/mol. The number of hydrogen-bond acceptors (Lipinski definition) is 3. The van der Waals surface area contributed by atoms with Crippen molar-refractivity contribution in [2.24, 2.45) is 0 Å². The van der Waals surface area contributed by atoms with Crippen LogP contribution in [0.4, 0.5) is 5.82 Å². The first-order valence-electron chi connectivity index (χ1n) is 7.41. The van der Waals surface area contributed by atoms with E-state index in [0.29, 0.717) is 24.0 Å². The Labute approximate surface area is 150 Å². The molecular formula is C17H16ClN5S. The fourth-order valence-electron chi connectivity index (χ4n) is 2.14. The van der Waals surface area contributed by atoms with Gasteiger partial charge >= 0.3 is 0 Å². The zero-order valence-corrected chi connectivity index (χ0v) is 14.4. The molecule has 122 valence electrons. The van der Waals surface area contributed by atoms with Crippen LogP contribution in [0.1, 0.15) is 11.1 Å². The molecule has 5 nitrogen and oxygen atoms in total. The van der Waals surface area contributed by atoms with E-state index in [1.54, 1.807) is 12.4 Å². The summed E-state index contributed by atoms with van der Waals surface area (Å²) in [6.45, 7) is 1.29. The number of benzene rings is 1. The molecule has 0 aliphatic rings. The minimum absolute atomic E-state index is 0.524. The van der Waals surface area contributed by atoms with E-state index in [4.69, 9.17) is 23.8 Å². The van der Waals surface area contributed by atoms with Crippen molar-refractivity contribution in [1.29, 1.82) is 0 Å². The molecule has 0 radical (unpaired) electrons. The van der Waals surface area contributed by atoms with E-state index < -0.39 is 0 Å². The van der Waals surface area contributed by atoms with Crippen LogP contribution in [0.3, 0.4) is 0 Å². The fraction of sp³-hybridized carbons (Fsp3) is 0.118. The number of aromatic nitrogens is 3. The van der Waals surface area contributed by atoms with Crippen LogP contribution in [0.2, 0.25) is 5.02 Å². The van der Waals surface area contributed by atoms with E-state index in [0.717, 1.165) is 16.1 Å². The highest BCUT2D eigenvalue weighted by Crippen LogP contribution is 2.11. The highest BCUT2D eigenvalue weighted by Gasteiger charge is 2.03. The Balaban J connectivity index is 1.51. The van der Waals surface area contributed by atoms with E-state index in [1.807, 2.05) is 53.3 Å². The van der Waals surface area contributed by atoms with Gasteiger partial charge in [0.15, 0.2) is 10.9 Å². The number of anilines is 1. The lowest BCUT2D eigenvalue weighted by Crippen LogP contribution is -2.28. The Morgan fingerprint density at radius 2 is 1.96 bits per heavy atom. The monoisotopic (exact) mass is 357 g/mol. The molecule has 24 heavy (non-hydrogen) atoms. The van der Waals surface area contributed by atoms with Crippen LogP contribution < -0.4 is 10.6 Å². The molecular weight excluding hydrogens is 342 g/mol. The Bertz CT molecular complexity index is 801. The lowest BCUT2D eigenvalue weighted by Gasteiger charge is -2.08. The maximum absolute atomic E-state index is 5.89. The number of nitrogens with zero attached hydrogens (tertiary/aromatic N) is 3. The molecule has 3 rings (SSSR count). The van der Waals surface area contributed by atoms with Crippen molar-refractivity contribution in [3.63, 3.8) is 0 Å².